The second-order valence-electron chi connectivity index (χ2n) is 6.71. The second-order valence-corrected chi connectivity index (χ2v) is 9.25. The first kappa shape index (κ1) is 24.5. The number of carbonyl (C=O) groups is 3. The van der Waals surface area contributed by atoms with E-state index >= 15 is 0 Å². The van der Waals surface area contributed by atoms with Gasteiger partial charge in [-0.25, -0.2) is 9.78 Å². The lowest BCUT2D eigenvalue weighted by atomic mass is 10.2. The normalized spacial score (nSPS) is 11.8. The zero-order valence-electron chi connectivity index (χ0n) is 17.4. The quantitative estimate of drug-likeness (QED) is 0.262. The zero-order valence-corrected chi connectivity index (χ0v) is 19.8. The first-order valence-electron chi connectivity index (χ1n) is 9.85. The molecule has 3 aromatic rings. The smallest absolute Gasteiger partial charge is 0.328 e. The fourth-order valence-electron chi connectivity index (χ4n) is 2.77. The molecule has 0 aliphatic carbocycles. The summed E-state index contributed by atoms with van der Waals surface area (Å²) in [4.78, 5) is 40.4. The minimum absolute atomic E-state index is 0.179. The maximum Gasteiger partial charge on any atom is 0.328 e. The summed E-state index contributed by atoms with van der Waals surface area (Å²) in [7, 11) is 0. The number of carboxylic acid groups (broad SMARTS) is 1. The molecule has 0 spiro atoms. The Bertz CT molecular complexity index is 1200. The SMILES string of the molecule is CCC(Sc1cccc(NC(=O)/C=C/C(=O)O)c1)C(=O)Nc1nc(-c2ccccc2Cl)cs1. The van der Waals surface area contributed by atoms with Crippen molar-refractivity contribution in [2.24, 2.45) is 0 Å². The molecule has 170 valence electrons. The number of nitrogens with one attached hydrogen (secondary N) is 2. The highest BCUT2D eigenvalue weighted by atomic mass is 35.5. The van der Waals surface area contributed by atoms with Crippen LogP contribution in [0.3, 0.4) is 0 Å². The molecule has 7 nitrogen and oxygen atoms in total. The highest BCUT2D eigenvalue weighted by Gasteiger charge is 2.20. The summed E-state index contributed by atoms with van der Waals surface area (Å²) >= 11 is 8.92. The Hall–Kier alpha value is -3.14. The fourth-order valence-corrected chi connectivity index (χ4v) is 4.73. The van der Waals surface area contributed by atoms with E-state index in [4.69, 9.17) is 16.7 Å². The van der Waals surface area contributed by atoms with E-state index in [1.165, 1.54) is 23.1 Å². The van der Waals surface area contributed by atoms with E-state index in [0.29, 0.717) is 28.0 Å². The first-order valence-corrected chi connectivity index (χ1v) is 12.0. The van der Waals surface area contributed by atoms with Gasteiger partial charge in [0.2, 0.25) is 11.8 Å². The number of carboxylic acids is 1. The van der Waals surface area contributed by atoms with Gasteiger partial charge in [0.15, 0.2) is 5.13 Å². The van der Waals surface area contributed by atoms with Crippen LogP contribution in [0.5, 0.6) is 0 Å². The van der Waals surface area contributed by atoms with E-state index in [1.807, 2.05) is 36.6 Å². The number of benzene rings is 2. The van der Waals surface area contributed by atoms with E-state index in [2.05, 4.69) is 15.6 Å². The third-order valence-electron chi connectivity index (χ3n) is 4.30. The van der Waals surface area contributed by atoms with Crippen molar-refractivity contribution in [3.8, 4) is 11.3 Å². The van der Waals surface area contributed by atoms with Gasteiger partial charge in [-0.1, -0.05) is 42.8 Å². The summed E-state index contributed by atoms with van der Waals surface area (Å²) in [5, 5.41) is 16.6. The van der Waals surface area contributed by atoms with Crippen LogP contribution in [0.1, 0.15) is 13.3 Å². The van der Waals surface area contributed by atoms with Gasteiger partial charge in [0, 0.05) is 38.7 Å². The Morgan fingerprint density at radius 1 is 1.15 bits per heavy atom. The number of carbonyl (C=O) groups excluding carboxylic acids is 2. The lowest BCUT2D eigenvalue weighted by Crippen LogP contribution is -2.24. The lowest BCUT2D eigenvalue weighted by molar-refractivity contribution is -0.131. The molecule has 3 rings (SSSR count). The minimum atomic E-state index is -1.20. The predicted molar refractivity (Wildman–Crippen MR) is 133 cm³/mol. The van der Waals surface area contributed by atoms with Gasteiger partial charge in [-0.2, -0.15) is 0 Å². The van der Waals surface area contributed by atoms with Crippen LogP contribution in [0, 0.1) is 0 Å². The predicted octanol–water partition coefficient (Wildman–Crippen LogP) is 5.55. The minimum Gasteiger partial charge on any atom is -0.478 e. The topological polar surface area (TPSA) is 108 Å². The number of amides is 2. The molecule has 0 aliphatic heterocycles. The highest BCUT2D eigenvalue weighted by molar-refractivity contribution is 8.00. The van der Waals surface area contributed by atoms with Gasteiger partial charge >= 0.3 is 5.97 Å². The van der Waals surface area contributed by atoms with Crippen LogP contribution in [-0.4, -0.2) is 33.1 Å². The van der Waals surface area contributed by atoms with Gasteiger partial charge in [-0.15, -0.1) is 23.1 Å². The first-order chi connectivity index (χ1) is 15.9. The summed E-state index contributed by atoms with van der Waals surface area (Å²) in [6, 6.07) is 14.4. The lowest BCUT2D eigenvalue weighted by Gasteiger charge is -2.14. The Morgan fingerprint density at radius 2 is 1.94 bits per heavy atom. The monoisotopic (exact) mass is 501 g/mol. The number of aliphatic carboxylic acids is 1. The summed E-state index contributed by atoms with van der Waals surface area (Å²) in [5.74, 6) is -1.94. The summed E-state index contributed by atoms with van der Waals surface area (Å²) in [6.45, 7) is 1.91. The molecule has 0 bridgehead atoms. The summed E-state index contributed by atoms with van der Waals surface area (Å²) < 4.78 is 0. The van der Waals surface area contributed by atoms with E-state index in [9.17, 15) is 14.4 Å². The average Bonchev–Trinajstić information content (AvgIpc) is 3.24. The number of anilines is 2. The number of aromatic nitrogens is 1. The van der Waals surface area contributed by atoms with Gasteiger partial charge in [-0.05, 0) is 30.7 Å². The molecule has 0 aliphatic rings. The van der Waals surface area contributed by atoms with Crippen LogP contribution >= 0.6 is 34.7 Å². The molecule has 1 unspecified atom stereocenters. The number of hydrogen-bond donors (Lipinski definition) is 3. The fraction of sp³-hybridized carbons (Fsp3) is 0.130. The number of thioether (sulfide) groups is 1. The van der Waals surface area contributed by atoms with E-state index in [1.54, 1.807) is 24.3 Å². The maximum absolute atomic E-state index is 12.8. The van der Waals surface area contributed by atoms with Gasteiger partial charge in [-0.3, -0.25) is 9.59 Å². The van der Waals surface area contributed by atoms with Crippen LogP contribution in [0.4, 0.5) is 10.8 Å². The van der Waals surface area contributed by atoms with Crippen molar-refractivity contribution in [2.45, 2.75) is 23.5 Å². The van der Waals surface area contributed by atoms with Crippen molar-refractivity contribution in [2.75, 3.05) is 10.6 Å². The zero-order chi connectivity index (χ0) is 23.8. The summed E-state index contributed by atoms with van der Waals surface area (Å²) in [6.07, 6.45) is 2.29. The van der Waals surface area contributed by atoms with Crippen molar-refractivity contribution in [3.05, 3.63) is 71.1 Å². The molecule has 33 heavy (non-hydrogen) atoms. The molecule has 0 saturated carbocycles. The number of rotatable bonds is 9. The number of thiazole rings is 1. The molecule has 10 heteroatoms. The van der Waals surface area contributed by atoms with Crippen molar-refractivity contribution in [1.82, 2.24) is 4.98 Å². The van der Waals surface area contributed by atoms with Crippen LogP contribution in [-0.2, 0) is 14.4 Å². The molecule has 0 radical (unpaired) electrons. The highest BCUT2D eigenvalue weighted by Crippen LogP contribution is 2.32. The van der Waals surface area contributed by atoms with Gasteiger partial charge in [0.25, 0.3) is 0 Å². The largest absolute Gasteiger partial charge is 0.478 e. The van der Waals surface area contributed by atoms with Crippen molar-refractivity contribution >= 4 is 63.3 Å². The molecular formula is C23H20ClN3O4S2. The molecule has 1 heterocycles. The van der Waals surface area contributed by atoms with Gasteiger partial charge in [0.05, 0.1) is 10.9 Å². The van der Waals surface area contributed by atoms with Crippen molar-refractivity contribution < 1.29 is 19.5 Å². The second kappa shape index (κ2) is 11.6. The van der Waals surface area contributed by atoms with E-state index < -0.39 is 11.9 Å². The molecular weight excluding hydrogens is 482 g/mol. The van der Waals surface area contributed by atoms with Crippen LogP contribution < -0.4 is 10.6 Å². The molecule has 0 saturated heterocycles. The Kier molecular flexibility index (Phi) is 8.65. The molecule has 1 atom stereocenters. The number of halogens is 1. The standard InChI is InChI=1S/C23H20ClN3O4S2/c1-2-19(33-15-7-5-6-14(12-15)25-20(28)10-11-21(29)30)22(31)27-23-26-18(13-32-23)16-8-3-4-9-17(16)24/h3-13,19H,2H2,1H3,(H,25,28)(H,29,30)(H,26,27,31)/b11-10+. The number of hydrogen-bond acceptors (Lipinski definition) is 6. The van der Waals surface area contributed by atoms with Gasteiger partial charge < -0.3 is 15.7 Å². The third-order valence-corrected chi connectivity index (χ3v) is 6.75. The molecule has 0 fully saturated rings. The van der Waals surface area contributed by atoms with Gasteiger partial charge in [0.1, 0.15) is 0 Å². The Morgan fingerprint density at radius 3 is 2.67 bits per heavy atom. The van der Waals surface area contributed by atoms with Crippen LogP contribution in [0.2, 0.25) is 5.02 Å². The van der Waals surface area contributed by atoms with Crippen molar-refractivity contribution in [1.29, 1.82) is 0 Å². The average molecular weight is 502 g/mol. The maximum atomic E-state index is 12.8. The molecule has 3 N–H and O–H groups in total. The molecule has 2 aromatic carbocycles. The number of nitrogens with zero attached hydrogens (tertiary/aromatic N) is 1. The van der Waals surface area contributed by atoms with Crippen LogP contribution in [0.25, 0.3) is 11.3 Å². The third kappa shape index (κ3) is 7.18. The van der Waals surface area contributed by atoms with E-state index in [-0.39, 0.29) is 11.2 Å². The molecule has 2 amide bonds. The Labute approximate surface area is 203 Å². The molecule has 1 aromatic heterocycles. The van der Waals surface area contributed by atoms with E-state index in [0.717, 1.165) is 22.6 Å². The Balaban J connectivity index is 1.64. The summed E-state index contributed by atoms with van der Waals surface area (Å²) in [5.41, 5.74) is 2.00. The van der Waals surface area contributed by atoms with Crippen LogP contribution in [0.15, 0.2) is 71.0 Å². The van der Waals surface area contributed by atoms with Crippen molar-refractivity contribution in [3.63, 3.8) is 0 Å².